The van der Waals surface area contributed by atoms with Crippen molar-refractivity contribution >= 4 is 14.3 Å². The fraction of sp³-hybridized carbons (Fsp3) is 0.933. The molecule has 3 atom stereocenters. The molecular weight excluding hydrogens is 288 g/mol. The van der Waals surface area contributed by atoms with Crippen molar-refractivity contribution in [3.63, 3.8) is 0 Å². The molecule has 5 nitrogen and oxygen atoms in total. The van der Waals surface area contributed by atoms with Gasteiger partial charge < -0.3 is 19.0 Å². The zero-order valence-electron chi connectivity index (χ0n) is 14.1. The molecular formula is C15H30O5Si. The molecule has 0 aromatic carbocycles. The molecule has 1 N–H and O–H groups in total. The fourth-order valence-electron chi connectivity index (χ4n) is 2.19. The lowest BCUT2D eigenvalue weighted by Crippen LogP contribution is -2.49. The number of rotatable bonds is 5. The monoisotopic (exact) mass is 318 g/mol. The molecule has 0 aromatic heterocycles. The molecule has 0 aromatic rings. The Bertz CT molecular complexity index is 350. The third-order valence-corrected chi connectivity index (χ3v) is 8.92. The van der Waals surface area contributed by atoms with Gasteiger partial charge in [0, 0.05) is 19.8 Å². The molecule has 1 heterocycles. The van der Waals surface area contributed by atoms with E-state index in [9.17, 15) is 9.90 Å². The summed E-state index contributed by atoms with van der Waals surface area (Å²) in [7, 11) is -1.85. The number of aliphatic hydroxyl groups is 1. The van der Waals surface area contributed by atoms with E-state index in [1.165, 1.54) is 6.92 Å². The maximum absolute atomic E-state index is 10.9. The molecule has 1 aliphatic rings. The summed E-state index contributed by atoms with van der Waals surface area (Å²) >= 11 is 0. The van der Waals surface area contributed by atoms with Crippen molar-refractivity contribution < 1.29 is 23.8 Å². The Morgan fingerprint density at radius 3 is 2.33 bits per heavy atom. The van der Waals surface area contributed by atoms with Crippen molar-refractivity contribution in [3.05, 3.63) is 0 Å². The SMILES string of the molecule is CC(=O)OC[C@@H]1C[C@H](O[Si](C)(C)C(C)(C)C)C[C@H](CO)O1. The molecule has 6 heteroatoms. The molecule has 0 radical (unpaired) electrons. The van der Waals surface area contributed by atoms with Gasteiger partial charge in [-0.05, 0) is 18.1 Å². The largest absolute Gasteiger partial charge is 0.463 e. The van der Waals surface area contributed by atoms with Crippen molar-refractivity contribution in [2.24, 2.45) is 0 Å². The lowest BCUT2D eigenvalue weighted by atomic mass is 10.0. The first-order chi connectivity index (χ1) is 9.55. The number of hydrogen-bond acceptors (Lipinski definition) is 5. The summed E-state index contributed by atoms with van der Waals surface area (Å²) in [5.41, 5.74) is 0. The summed E-state index contributed by atoms with van der Waals surface area (Å²) in [5.74, 6) is -0.313. The van der Waals surface area contributed by atoms with Crippen LogP contribution in [-0.2, 0) is 18.7 Å². The van der Waals surface area contributed by atoms with Crippen LogP contribution in [0.5, 0.6) is 0 Å². The smallest absolute Gasteiger partial charge is 0.302 e. The number of carbonyl (C=O) groups excluding carboxylic acids is 1. The summed E-state index contributed by atoms with van der Waals surface area (Å²) in [6.45, 7) is 12.6. The normalized spacial score (nSPS) is 27.5. The van der Waals surface area contributed by atoms with Crippen LogP contribution in [0.2, 0.25) is 18.1 Å². The molecule has 1 fully saturated rings. The van der Waals surface area contributed by atoms with Gasteiger partial charge in [-0.15, -0.1) is 0 Å². The number of esters is 1. The van der Waals surface area contributed by atoms with E-state index >= 15 is 0 Å². The minimum atomic E-state index is -1.85. The van der Waals surface area contributed by atoms with Crippen molar-refractivity contribution in [2.75, 3.05) is 13.2 Å². The Hall–Kier alpha value is -0.433. The van der Waals surface area contributed by atoms with Crippen LogP contribution in [-0.4, -0.2) is 50.9 Å². The van der Waals surface area contributed by atoms with Crippen LogP contribution >= 0.6 is 0 Å². The van der Waals surface area contributed by atoms with Crippen LogP contribution in [0, 0.1) is 0 Å². The second kappa shape index (κ2) is 7.22. The van der Waals surface area contributed by atoms with Gasteiger partial charge in [0.15, 0.2) is 8.32 Å². The zero-order valence-corrected chi connectivity index (χ0v) is 15.1. The van der Waals surface area contributed by atoms with Crippen LogP contribution in [0.3, 0.4) is 0 Å². The van der Waals surface area contributed by atoms with E-state index in [0.29, 0.717) is 12.8 Å². The molecule has 0 bridgehead atoms. The van der Waals surface area contributed by atoms with E-state index in [1.54, 1.807) is 0 Å². The van der Waals surface area contributed by atoms with Gasteiger partial charge in [0.1, 0.15) is 6.61 Å². The van der Waals surface area contributed by atoms with E-state index in [0.717, 1.165) is 0 Å². The third kappa shape index (κ3) is 5.69. The first kappa shape index (κ1) is 18.6. The van der Waals surface area contributed by atoms with Crippen molar-refractivity contribution in [2.45, 2.75) is 77.0 Å². The highest BCUT2D eigenvalue weighted by Gasteiger charge is 2.41. The summed E-state index contributed by atoms with van der Waals surface area (Å²) in [6.07, 6.45) is 1.01. The topological polar surface area (TPSA) is 65.0 Å². The Morgan fingerprint density at radius 1 is 1.29 bits per heavy atom. The van der Waals surface area contributed by atoms with Gasteiger partial charge in [0.05, 0.1) is 24.9 Å². The van der Waals surface area contributed by atoms with Crippen molar-refractivity contribution in [1.29, 1.82) is 0 Å². The second-order valence-corrected chi connectivity index (χ2v) is 12.1. The number of hydrogen-bond donors (Lipinski definition) is 1. The molecule has 124 valence electrons. The number of aliphatic hydroxyl groups excluding tert-OH is 1. The van der Waals surface area contributed by atoms with E-state index < -0.39 is 8.32 Å². The van der Waals surface area contributed by atoms with Crippen molar-refractivity contribution in [3.8, 4) is 0 Å². The van der Waals surface area contributed by atoms with E-state index in [1.807, 2.05) is 0 Å². The molecule has 1 saturated heterocycles. The summed E-state index contributed by atoms with van der Waals surface area (Å²) < 4.78 is 17.2. The molecule has 0 spiro atoms. The standard InChI is InChI=1S/C15H30O5Si/c1-11(17)18-10-14-8-12(7-13(9-16)19-14)20-21(5,6)15(2,3)4/h12-14,16H,7-10H2,1-6H3/t12-,13-,14+/m1/s1. The maximum Gasteiger partial charge on any atom is 0.302 e. The lowest BCUT2D eigenvalue weighted by Gasteiger charge is -2.43. The number of carbonyl (C=O) groups is 1. The highest BCUT2D eigenvalue weighted by atomic mass is 28.4. The predicted octanol–water partition coefficient (Wildman–Crippen LogP) is 2.48. The average Bonchev–Trinajstić information content (AvgIpc) is 2.34. The highest BCUT2D eigenvalue weighted by molar-refractivity contribution is 6.74. The molecule has 1 aliphatic heterocycles. The van der Waals surface area contributed by atoms with Crippen LogP contribution < -0.4 is 0 Å². The molecule has 0 amide bonds. The van der Waals surface area contributed by atoms with Crippen LogP contribution in [0.25, 0.3) is 0 Å². The van der Waals surface area contributed by atoms with E-state index in [-0.39, 0.29) is 42.5 Å². The molecule has 21 heavy (non-hydrogen) atoms. The van der Waals surface area contributed by atoms with Crippen LogP contribution in [0.1, 0.15) is 40.5 Å². The van der Waals surface area contributed by atoms with Gasteiger partial charge in [-0.2, -0.15) is 0 Å². The minimum Gasteiger partial charge on any atom is -0.463 e. The highest BCUT2D eigenvalue weighted by Crippen LogP contribution is 2.39. The Morgan fingerprint density at radius 2 is 1.86 bits per heavy atom. The quantitative estimate of drug-likeness (QED) is 0.623. The lowest BCUT2D eigenvalue weighted by molar-refractivity contribution is -0.157. The van der Waals surface area contributed by atoms with Gasteiger partial charge in [0.25, 0.3) is 0 Å². The predicted molar refractivity (Wildman–Crippen MR) is 83.7 cm³/mol. The Kier molecular flexibility index (Phi) is 6.40. The third-order valence-electron chi connectivity index (χ3n) is 4.38. The van der Waals surface area contributed by atoms with Gasteiger partial charge in [-0.3, -0.25) is 4.79 Å². The van der Waals surface area contributed by atoms with Gasteiger partial charge >= 0.3 is 5.97 Å². The minimum absolute atomic E-state index is 0.0338. The van der Waals surface area contributed by atoms with Crippen LogP contribution in [0.4, 0.5) is 0 Å². The fourth-order valence-corrected chi connectivity index (χ4v) is 3.57. The Labute approximate surface area is 129 Å². The second-order valence-electron chi connectivity index (χ2n) is 7.34. The average molecular weight is 318 g/mol. The summed E-state index contributed by atoms with van der Waals surface area (Å²) in [4.78, 5) is 10.9. The zero-order chi connectivity index (χ0) is 16.3. The van der Waals surface area contributed by atoms with Gasteiger partial charge in [-0.1, -0.05) is 20.8 Å². The molecule has 0 saturated carbocycles. The van der Waals surface area contributed by atoms with Crippen LogP contribution in [0.15, 0.2) is 0 Å². The first-order valence-corrected chi connectivity index (χ1v) is 10.5. The molecule has 0 aliphatic carbocycles. The van der Waals surface area contributed by atoms with E-state index in [2.05, 4.69) is 33.9 Å². The first-order valence-electron chi connectivity index (χ1n) is 7.62. The van der Waals surface area contributed by atoms with Crippen molar-refractivity contribution in [1.82, 2.24) is 0 Å². The Balaban J connectivity index is 2.66. The van der Waals surface area contributed by atoms with E-state index in [4.69, 9.17) is 13.9 Å². The number of ether oxygens (including phenoxy) is 2. The molecule has 0 unspecified atom stereocenters. The summed E-state index contributed by atoms with van der Waals surface area (Å²) in [6, 6.07) is 0. The maximum atomic E-state index is 10.9. The molecule has 1 rings (SSSR count). The van der Waals surface area contributed by atoms with Gasteiger partial charge in [-0.25, -0.2) is 0 Å². The van der Waals surface area contributed by atoms with Gasteiger partial charge in [0.2, 0.25) is 0 Å². The summed E-state index contributed by atoms with van der Waals surface area (Å²) in [5, 5.41) is 9.53.